The molecule has 1 saturated heterocycles. The Hall–Kier alpha value is -1.42. The van der Waals surface area contributed by atoms with Crippen LogP contribution in [0.15, 0.2) is 17.2 Å². The summed E-state index contributed by atoms with van der Waals surface area (Å²) < 4.78 is 26.3. The van der Waals surface area contributed by atoms with Crippen molar-refractivity contribution in [3.8, 4) is 0 Å². The molecule has 4 N–H and O–H groups in total. The number of piperazine rings is 1. The van der Waals surface area contributed by atoms with Gasteiger partial charge in [0, 0.05) is 32.4 Å². The molecule has 112 valence electrons. The Kier molecular flexibility index (Phi) is 4.43. The molecule has 2 heterocycles. The summed E-state index contributed by atoms with van der Waals surface area (Å²) in [4.78, 5) is 16.2. The number of nitrogen functional groups attached to an aromatic ring is 1. The number of nitrogens with zero attached hydrogens (tertiary/aromatic N) is 2. The SMILES string of the molecule is CCN1CCN(S(=O)(=O)c2c[nH]c(C(=O)NN)c2)CC1. The molecule has 1 aliphatic heterocycles. The van der Waals surface area contributed by atoms with Gasteiger partial charge in [0.1, 0.15) is 10.6 Å². The lowest BCUT2D eigenvalue weighted by Gasteiger charge is -2.32. The highest BCUT2D eigenvalue weighted by Crippen LogP contribution is 2.18. The number of rotatable bonds is 4. The number of nitrogens with two attached hydrogens (primary N) is 1. The first-order valence-corrected chi connectivity index (χ1v) is 7.85. The van der Waals surface area contributed by atoms with E-state index >= 15 is 0 Å². The van der Waals surface area contributed by atoms with Crippen LogP contribution in [-0.4, -0.2) is 61.2 Å². The highest BCUT2D eigenvalue weighted by Gasteiger charge is 2.29. The lowest BCUT2D eigenvalue weighted by atomic mass is 10.4. The number of H-pyrrole nitrogens is 1. The van der Waals surface area contributed by atoms with Crippen molar-refractivity contribution < 1.29 is 13.2 Å². The molecule has 0 unspecified atom stereocenters. The maximum Gasteiger partial charge on any atom is 0.281 e. The summed E-state index contributed by atoms with van der Waals surface area (Å²) in [6.45, 7) is 5.32. The minimum Gasteiger partial charge on any atom is -0.356 e. The fraction of sp³-hybridized carbons (Fsp3) is 0.545. The number of hydrogen-bond acceptors (Lipinski definition) is 5. The molecule has 0 saturated carbocycles. The van der Waals surface area contributed by atoms with Crippen LogP contribution in [0.2, 0.25) is 0 Å². The van der Waals surface area contributed by atoms with Gasteiger partial charge in [0.15, 0.2) is 0 Å². The molecule has 0 radical (unpaired) electrons. The second-order valence-corrected chi connectivity index (χ2v) is 6.50. The largest absolute Gasteiger partial charge is 0.356 e. The van der Waals surface area contributed by atoms with Gasteiger partial charge in [0.05, 0.1) is 0 Å². The van der Waals surface area contributed by atoms with Gasteiger partial charge in [-0.15, -0.1) is 0 Å². The molecule has 1 aromatic rings. The Morgan fingerprint density at radius 2 is 2.05 bits per heavy atom. The number of amides is 1. The normalized spacial score (nSPS) is 18.1. The van der Waals surface area contributed by atoms with Crippen molar-refractivity contribution in [3.63, 3.8) is 0 Å². The van der Waals surface area contributed by atoms with Crippen molar-refractivity contribution in [3.05, 3.63) is 18.0 Å². The summed E-state index contributed by atoms with van der Waals surface area (Å²) in [6.07, 6.45) is 1.31. The van der Waals surface area contributed by atoms with E-state index in [4.69, 9.17) is 5.84 Å². The second-order valence-electron chi connectivity index (χ2n) is 4.56. The number of carbonyl (C=O) groups is 1. The lowest BCUT2D eigenvalue weighted by molar-refractivity contribution is 0.0949. The van der Waals surface area contributed by atoms with E-state index in [1.807, 2.05) is 12.3 Å². The molecule has 0 aliphatic carbocycles. The summed E-state index contributed by atoms with van der Waals surface area (Å²) in [5.74, 6) is 4.46. The van der Waals surface area contributed by atoms with Gasteiger partial charge in [-0.05, 0) is 12.6 Å². The Balaban J connectivity index is 2.14. The molecule has 1 aromatic heterocycles. The van der Waals surface area contributed by atoms with E-state index in [2.05, 4.69) is 9.88 Å². The molecule has 8 nitrogen and oxygen atoms in total. The first-order chi connectivity index (χ1) is 9.48. The second kappa shape index (κ2) is 5.92. The number of aromatic nitrogens is 1. The van der Waals surface area contributed by atoms with Gasteiger partial charge in [0.2, 0.25) is 10.0 Å². The van der Waals surface area contributed by atoms with Gasteiger partial charge in [-0.1, -0.05) is 6.92 Å². The fourth-order valence-electron chi connectivity index (χ4n) is 2.17. The maximum atomic E-state index is 12.4. The highest BCUT2D eigenvalue weighted by molar-refractivity contribution is 7.89. The first-order valence-electron chi connectivity index (χ1n) is 6.41. The maximum absolute atomic E-state index is 12.4. The highest BCUT2D eigenvalue weighted by atomic mass is 32.2. The quantitative estimate of drug-likeness (QED) is 0.373. The third-order valence-corrected chi connectivity index (χ3v) is 5.32. The minimum absolute atomic E-state index is 0.0843. The molecule has 0 spiro atoms. The summed E-state index contributed by atoms with van der Waals surface area (Å²) in [7, 11) is -3.56. The fourth-order valence-corrected chi connectivity index (χ4v) is 3.58. The third-order valence-electron chi connectivity index (χ3n) is 3.45. The molecule has 0 atom stereocenters. The van der Waals surface area contributed by atoms with Gasteiger partial charge in [0.25, 0.3) is 5.91 Å². The third kappa shape index (κ3) is 2.85. The molecule has 0 aromatic carbocycles. The van der Waals surface area contributed by atoms with Crippen LogP contribution in [0, 0.1) is 0 Å². The van der Waals surface area contributed by atoms with Crippen LogP contribution >= 0.6 is 0 Å². The van der Waals surface area contributed by atoms with Crippen LogP contribution in [0.25, 0.3) is 0 Å². The van der Waals surface area contributed by atoms with Crippen molar-refractivity contribution in [1.29, 1.82) is 0 Å². The standard InChI is InChI=1S/C11H19N5O3S/c1-2-15-3-5-16(6-4-15)20(18,19)9-7-10(13-8-9)11(17)14-12/h7-8,13H,2-6,12H2,1H3,(H,14,17). The van der Waals surface area contributed by atoms with E-state index in [1.165, 1.54) is 16.6 Å². The minimum atomic E-state index is -3.56. The summed E-state index contributed by atoms with van der Waals surface area (Å²) >= 11 is 0. The van der Waals surface area contributed by atoms with E-state index < -0.39 is 15.9 Å². The average molecular weight is 301 g/mol. The van der Waals surface area contributed by atoms with E-state index in [-0.39, 0.29) is 10.6 Å². The summed E-state index contributed by atoms with van der Waals surface area (Å²) in [5.41, 5.74) is 2.08. The van der Waals surface area contributed by atoms with Gasteiger partial charge < -0.3 is 9.88 Å². The Morgan fingerprint density at radius 1 is 1.40 bits per heavy atom. The van der Waals surface area contributed by atoms with Crippen molar-refractivity contribution >= 4 is 15.9 Å². The molecule has 9 heteroatoms. The first kappa shape index (κ1) is 15.0. The number of hydrogen-bond donors (Lipinski definition) is 3. The number of aromatic amines is 1. The van der Waals surface area contributed by atoms with E-state index in [1.54, 1.807) is 0 Å². The molecule has 1 fully saturated rings. The zero-order valence-electron chi connectivity index (χ0n) is 11.3. The van der Waals surface area contributed by atoms with E-state index in [0.29, 0.717) is 13.1 Å². The zero-order chi connectivity index (χ0) is 14.8. The van der Waals surface area contributed by atoms with E-state index in [9.17, 15) is 13.2 Å². The monoisotopic (exact) mass is 301 g/mol. The number of sulfonamides is 1. The van der Waals surface area contributed by atoms with Crippen LogP contribution in [0.3, 0.4) is 0 Å². The van der Waals surface area contributed by atoms with Crippen molar-refractivity contribution in [1.82, 2.24) is 19.6 Å². The predicted octanol–water partition coefficient (Wildman–Crippen LogP) is -1.06. The molecule has 1 aliphatic rings. The molecular weight excluding hydrogens is 282 g/mol. The average Bonchev–Trinajstić information content (AvgIpc) is 2.97. The van der Waals surface area contributed by atoms with Crippen LogP contribution < -0.4 is 11.3 Å². The number of carbonyl (C=O) groups excluding carboxylic acids is 1. The molecule has 2 rings (SSSR count). The number of likely N-dealkylation sites (N-methyl/N-ethyl adjacent to an activating group) is 1. The predicted molar refractivity (Wildman–Crippen MR) is 73.3 cm³/mol. The lowest BCUT2D eigenvalue weighted by Crippen LogP contribution is -2.48. The van der Waals surface area contributed by atoms with Gasteiger partial charge in [-0.2, -0.15) is 4.31 Å². The van der Waals surface area contributed by atoms with Crippen molar-refractivity contribution in [2.24, 2.45) is 5.84 Å². The van der Waals surface area contributed by atoms with Gasteiger partial charge >= 0.3 is 0 Å². The summed E-state index contributed by atoms with van der Waals surface area (Å²) in [5, 5.41) is 0. The zero-order valence-corrected chi connectivity index (χ0v) is 12.1. The molecule has 1 amide bonds. The molecular formula is C11H19N5O3S. The van der Waals surface area contributed by atoms with Crippen molar-refractivity contribution in [2.75, 3.05) is 32.7 Å². The summed E-state index contributed by atoms with van der Waals surface area (Å²) in [6, 6.07) is 1.30. The number of nitrogens with one attached hydrogen (secondary N) is 2. The molecule has 20 heavy (non-hydrogen) atoms. The Morgan fingerprint density at radius 3 is 2.60 bits per heavy atom. The van der Waals surface area contributed by atoms with Crippen LogP contribution in [-0.2, 0) is 10.0 Å². The van der Waals surface area contributed by atoms with Crippen molar-refractivity contribution in [2.45, 2.75) is 11.8 Å². The van der Waals surface area contributed by atoms with Crippen LogP contribution in [0.4, 0.5) is 0 Å². The number of hydrazine groups is 1. The van der Waals surface area contributed by atoms with Crippen LogP contribution in [0.1, 0.15) is 17.4 Å². The topological polar surface area (TPSA) is 112 Å². The van der Waals surface area contributed by atoms with Crippen LogP contribution in [0.5, 0.6) is 0 Å². The smallest absolute Gasteiger partial charge is 0.281 e. The Bertz CT molecular complexity index is 575. The van der Waals surface area contributed by atoms with E-state index in [0.717, 1.165) is 19.6 Å². The molecule has 0 bridgehead atoms. The van der Waals surface area contributed by atoms with Gasteiger partial charge in [-0.3, -0.25) is 10.2 Å². The van der Waals surface area contributed by atoms with Gasteiger partial charge in [-0.25, -0.2) is 14.3 Å². The Labute approximate surface area is 117 Å².